The molecule has 0 aliphatic heterocycles. The summed E-state index contributed by atoms with van der Waals surface area (Å²) in [5, 5.41) is 0. The number of carbonyl (C=O) groups is 1. The van der Waals surface area contributed by atoms with E-state index in [1.807, 2.05) is 30.3 Å². The summed E-state index contributed by atoms with van der Waals surface area (Å²) >= 11 is 0. The third-order valence-corrected chi connectivity index (χ3v) is 4.01. The van der Waals surface area contributed by atoms with E-state index in [-0.39, 0.29) is 5.56 Å². The van der Waals surface area contributed by atoms with E-state index >= 15 is 0 Å². The predicted octanol–water partition coefficient (Wildman–Crippen LogP) is 6.18. The number of hydrogen-bond acceptors (Lipinski definition) is 2. The van der Waals surface area contributed by atoms with Crippen molar-refractivity contribution in [3.8, 4) is 5.75 Å². The maximum atomic E-state index is 12.8. The van der Waals surface area contributed by atoms with Crippen LogP contribution in [0, 0.1) is 0 Å². The van der Waals surface area contributed by atoms with Crippen molar-refractivity contribution in [3.63, 3.8) is 0 Å². The van der Waals surface area contributed by atoms with Crippen LogP contribution in [-0.2, 0) is 12.8 Å². The summed E-state index contributed by atoms with van der Waals surface area (Å²) in [5.74, 6) is 0.138. The highest BCUT2D eigenvalue weighted by atomic mass is 19.4. The van der Waals surface area contributed by atoms with E-state index in [2.05, 4.69) is 0 Å². The highest BCUT2D eigenvalue weighted by Crippen LogP contribution is 2.29. The van der Waals surface area contributed by atoms with E-state index in [1.165, 1.54) is 18.2 Å². The first kappa shape index (κ1) is 19.4. The Morgan fingerprint density at radius 2 is 1.64 bits per heavy atom. The molecule has 142 valence electrons. The molecule has 0 N–H and O–H groups in total. The molecule has 0 spiro atoms. The number of allylic oxidation sites excluding steroid dienone is 1. The van der Waals surface area contributed by atoms with Crippen LogP contribution in [0.3, 0.4) is 0 Å². The smallest absolute Gasteiger partial charge is 0.416 e. The Balaban J connectivity index is 1.68. The molecule has 0 saturated heterocycles. The summed E-state index contributed by atoms with van der Waals surface area (Å²) in [6.07, 6.45) is -1.67. The standard InChI is InChI=1S/C23H17F3O2/c24-23(25,26)20-10-5-9-19(15-20)22(27)13-12-17-8-4-11-21(14-17)28-16-18-6-2-1-3-7-18/h1-15H,16H2. The molecule has 3 rings (SSSR count). The van der Waals surface area contributed by atoms with Crippen molar-refractivity contribution in [2.45, 2.75) is 12.8 Å². The fourth-order valence-electron chi connectivity index (χ4n) is 2.57. The molecule has 0 bridgehead atoms. The van der Waals surface area contributed by atoms with E-state index in [0.717, 1.165) is 17.7 Å². The van der Waals surface area contributed by atoms with Crippen molar-refractivity contribution < 1.29 is 22.7 Å². The van der Waals surface area contributed by atoms with Crippen LogP contribution in [-0.4, -0.2) is 5.78 Å². The number of ketones is 1. The Labute approximate surface area is 160 Å². The molecule has 3 aromatic rings. The monoisotopic (exact) mass is 382 g/mol. The van der Waals surface area contributed by atoms with Gasteiger partial charge in [-0.25, -0.2) is 0 Å². The van der Waals surface area contributed by atoms with Crippen molar-refractivity contribution in [3.05, 3.63) is 107 Å². The van der Waals surface area contributed by atoms with Gasteiger partial charge in [-0.1, -0.05) is 60.7 Å². The van der Waals surface area contributed by atoms with E-state index in [1.54, 1.807) is 30.3 Å². The number of ether oxygens (including phenoxy) is 1. The highest BCUT2D eigenvalue weighted by molar-refractivity contribution is 6.06. The van der Waals surface area contributed by atoms with Gasteiger partial charge in [0.1, 0.15) is 12.4 Å². The fourth-order valence-corrected chi connectivity index (χ4v) is 2.57. The SMILES string of the molecule is O=C(C=Cc1cccc(OCc2ccccc2)c1)c1cccc(C(F)(F)F)c1. The largest absolute Gasteiger partial charge is 0.489 e. The lowest BCUT2D eigenvalue weighted by Gasteiger charge is -2.07. The number of carbonyl (C=O) groups excluding carboxylic acids is 1. The molecule has 0 heterocycles. The van der Waals surface area contributed by atoms with E-state index in [0.29, 0.717) is 17.9 Å². The Kier molecular flexibility index (Phi) is 5.94. The van der Waals surface area contributed by atoms with E-state index in [4.69, 9.17) is 4.74 Å². The van der Waals surface area contributed by atoms with Gasteiger partial charge in [-0.2, -0.15) is 13.2 Å². The minimum absolute atomic E-state index is 0.0115. The van der Waals surface area contributed by atoms with E-state index < -0.39 is 17.5 Å². The van der Waals surface area contributed by atoms with Gasteiger partial charge in [-0.05, 0) is 41.5 Å². The molecule has 5 heteroatoms. The number of benzene rings is 3. The van der Waals surface area contributed by atoms with Crippen molar-refractivity contribution in [2.24, 2.45) is 0 Å². The quantitative estimate of drug-likeness (QED) is 0.376. The van der Waals surface area contributed by atoms with Gasteiger partial charge in [0.25, 0.3) is 0 Å². The normalized spacial score (nSPS) is 11.5. The first-order valence-electron chi connectivity index (χ1n) is 8.58. The zero-order valence-corrected chi connectivity index (χ0v) is 14.8. The van der Waals surface area contributed by atoms with Crippen LogP contribution in [0.4, 0.5) is 13.2 Å². The molecule has 0 atom stereocenters. The number of hydrogen-bond donors (Lipinski definition) is 0. The Morgan fingerprint density at radius 3 is 2.39 bits per heavy atom. The molecule has 3 aromatic carbocycles. The summed E-state index contributed by atoms with van der Waals surface area (Å²) in [7, 11) is 0. The van der Waals surface area contributed by atoms with Gasteiger partial charge in [0.2, 0.25) is 0 Å². The molecule has 0 fully saturated rings. The van der Waals surface area contributed by atoms with Crippen molar-refractivity contribution in [1.29, 1.82) is 0 Å². The highest BCUT2D eigenvalue weighted by Gasteiger charge is 2.30. The number of halogens is 3. The maximum Gasteiger partial charge on any atom is 0.416 e. The second-order valence-corrected chi connectivity index (χ2v) is 6.12. The maximum absolute atomic E-state index is 12.8. The molecule has 0 unspecified atom stereocenters. The lowest BCUT2D eigenvalue weighted by molar-refractivity contribution is -0.137. The Bertz CT molecular complexity index is 976. The van der Waals surface area contributed by atoms with E-state index in [9.17, 15) is 18.0 Å². The average Bonchev–Trinajstić information content (AvgIpc) is 2.71. The topological polar surface area (TPSA) is 26.3 Å². The van der Waals surface area contributed by atoms with Gasteiger partial charge < -0.3 is 4.74 Å². The van der Waals surface area contributed by atoms with Gasteiger partial charge in [0, 0.05) is 5.56 Å². The fraction of sp³-hybridized carbons (Fsp3) is 0.0870. The van der Waals surface area contributed by atoms with Crippen molar-refractivity contribution >= 4 is 11.9 Å². The minimum atomic E-state index is -4.48. The lowest BCUT2D eigenvalue weighted by atomic mass is 10.1. The zero-order valence-electron chi connectivity index (χ0n) is 14.8. The molecule has 28 heavy (non-hydrogen) atoms. The van der Waals surface area contributed by atoms with Crippen molar-refractivity contribution in [1.82, 2.24) is 0 Å². The molecule has 2 nitrogen and oxygen atoms in total. The molecule has 0 aliphatic rings. The molecule has 0 aliphatic carbocycles. The molecule has 0 amide bonds. The van der Waals surface area contributed by atoms with Crippen LogP contribution in [0.25, 0.3) is 6.08 Å². The van der Waals surface area contributed by atoms with Crippen LogP contribution in [0.2, 0.25) is 0 Å². The number of rotatable bonds is 6. The summed E-state index contributed by atoms with van der Waals surface area (Å²) in [6, 6.07) is 21.2. The molecular weight excluding hydrogens is 365 g/mol. The molecule has 0 radical (unpaired) electrons. The molecule has 0 aromatic heterocycles. The Hall–Kier alpha value is -3.34. The Morgan fingerprint density at radius 1 is 0.893 bits per heavy atom. The minimum Gasteiger partial charge on any atom is -0.489 e. The zero-order chi connectivity index (χ0) is 20.0. The van der Waals surface area contributed by atoms with Crippen LogP contribution in [0.5, 0.6) is 5.75 Å². The summed E-state index contributed by atoms with van der Waals surface area (Å²) in [5.41, 5.74) is 0.889. The predicted molar refractivity (Wildman–Crippen MR) is 102 cm³/mol. The summed E-state index contributed by atoms with van der Waals surface area (Å²) in [4.78, 5) is 12.2. The second-order valence-electron chi connectivity index (χ2n) is 6.12. The first-order chi connectivity index (χ1) is 13.4. The van der Waals surface area contributed by atoms with Gasteiger partial charge in [0.05, 0.1) is 5.56 Å². The molecular formula is C23H17F3O2. The third kappa shape index (κ3) is 5.33. The van der Waals surface area contributed by atoms with Crippen LogP contribution >= 0.6 is 0 Å². The summed E-state index contributed by atoms with van der Waals surface area (Å²) in [6.45, 7) is 0.414. The van der Waals surface area contributed by atoms with Gasteiger partial charge >= 0.3 is 6.18 Å². The van der Waals surface area contributed by atoms with Crippen LogP contribution in [0.1, 0.15) is 27.0 Å². The van der Waals surface area contributed by atoms with Crippen LogP contribution in [0.15, 0.2) is 84.9 Å². The molecule has 0 saturated carbocycles. The van der Waals surface area contributed by atoms with Gasteiger partial charge in [-0.15, -0.1) is 0 Å². The summed E-state index contributed by atoms with van der Waals surface area (Å²) < 4.78 is 44.1. The van der Waals surface area contributed by atoms with Crippen molar-refractivity contribution in [2.75, 3.05) is 0 Å². The van der Waals surface area contributed by atoms with Crippen LogP contribution < -0.4 is 4.74 Å². The van der Waals surface area contributed by atoms with Gasteiger partial charge in [-0.3, -0.25) is 4.79 Å². The number of alkyl halides is 3. The van der Waals surface area contributed by atoms with Gasteiger partial charge in [0.15, 0.2) is 5.78 Å². The lowest BCUT2D eigenvalue weighted by Crippen LogP contribution is -2.06. The first-order valence-corrected chi connectivity index (χ1v) is 8.58. The second kappa shape index (κ2) is 8.57. The average molecular weight is 382 g/mol. The third-order valence-electron chi connectivity index (χ3n) is 4.01.